The van der Waals surface area contributed by atoms with Gasteiger partial charge >= 0.3 is 17.1 Å². The van der Waals surface area contributed by atoms with E-state index in [9.17, 15) is 19.2 Å². The number of hydrogen-bond acceptors (Lipinski definition) is 4. The standard InChI is InChI=1S/2C11H19O2.Cu/c2*1-10(2,3)8(12)7-9(13)11(4,5)6;/h2*7H,1-6H3;/q2*-1;+2. The Hall–Kier alpha value is -1.06. The first-order valence-corrected chi connectivity index (χ1v) is 8.97. The molecule has 0 aliphatic heterocycles. The molecule has 0 amide bonds. The summed E-state index contributed by atoms with van der Waals surface area (Å²) in [5, 5.41) is 0. The fourth-order valence-electron chi connectivity index (χ4n) is 1.10. The van der Waals surface area contributed by atoms with E-state index >= 15 is 0 Å². The van der Waals surface area contributed by atoms with Crippen LogP contribution in [0.2, 0.25) is 0 Å². The van der Waals surface area contributed by atoms with Crippen molar-refractivity contribution in [2.45, 2.75) is 83.1 Å². The summed E-state index contributed by atoms with van der Waals surface area (Å²) in [5.74, 6) is -0.417. The van der Waals surface area contributed by atoms with E-state index in [0.29, 0.717) is 0 Å². The fraction of sp³-hybridized carbons (Fsp3) is 0.727. The molecule has 0 aromatic heterocycles. The zero-order valence-corrected chi connectivity index (χ0v) is 20.0. The van der Waals surface area contributed by atoms with Crippen LogP contribution in [0.3, 0.4) is 0 Å². The van der Waals surface area contributed by atoms with Crippen LogP contribution < -0.4 is 0 Å². The van der Waals surface area contributed by atoms with Crippen LogP contribution in [0, 0.1) is 34.5 Å². The maximum atomic E-state index is 11.4. The summed E-state index contributed by atoms with van der Waals surface area (Å²) in [4.78, 5) is 45.8. The van der Waals surface area contributed by atoms with Gasteiger partial charge in [0.15, 0.2) is 0 Å². The molecule has 161 valence electrons. The minimum Gasteiger partial charge on any atom is -0.333 e. The predicted octanol–water partition coefficient (Wildman–Crippen LogP) is 4.84. The SMILES string of the molecule is CC(C)(C)C(=O)[CH-]C(=O)C(C)(C)C.CC(C)(C)C(=O)[CH-]C(=O)C(C)(C)C.[Cu+2]. The van der Waals surface area contributed by atoms with Crippen molar-refractivity contribution < 1.29 is 36.2 Å². The van der Waals surface area contributed by atoms with Crippen LogP contribution >= 0.6 is 0 Å². The molecule has 5 heteroatoms. The van der Waals surface area contributed by atoms with Gasteiger partial charge in [0.1, 0.15) is 0 Å². The van der Waals surface area contributed by atoms with E-state index in [1.807, 2.05) is 83.1 Å². The number of carbonyl (C=O) groups is 4. The van der Waals surface area contributed by atoms with E-state index in [1.54, 1.807) is 0 Å². The van der Waals surface area contributed by atoms with Crippen LogP contribution in [-0.4, -0.2) is 23.1 Å². The molecule has 0 atom stereocenters. The summed E-state index contributed by atoms with van der Waals surface area (Å²) in [6, 6.07) is 0. The molecule has 0 aromatic carbocycles. The third-order valence-electron chi connectivity index (χ3n) is 3.48. The minimum absolute atomic E-state index is 0. The molecular formula is C22H38CuO4. The molecule has 0 aliphatic carbocycles. The van der Waals surface area contributed by atoms with Crippen LogP contribution in [0.25, 0.3) is 0 Å². The molecule has 0 unspecified atom stereocenters. The molecule has 0 fully saturated rings. The summed E-state index contributed by atoms with van der Waals surface area (Å²) < 4.78 is 0. The third kappa shape index (κ3) is 13.7. The number of Topliss-reactive ketones (excluding diaryl/α,β-unsaturated/α-hetero) is 4. The van der Waals surface area contributed by atoms with Crippen molar-refractivity contribution in [3.05, 3.63) is 12.8 Å². The number of ketones is 4. The number of hydrogen-bond donors (Lipinski definition) is 0. The quantitative estimate of drug-likeness (QED) is 0.364. The summed E-state index contributed by atoms with van der Waals surface area (Å²) in [5.41, 5.74) is -1.83. The second kappa shape index (κ2) is 10.5. The van der Waals surface area contributed by atoms with Crippen molar-refractivity contribution in [1.82, 2.24) is 0 Å². The summed E-state index contributed by atoms with van der Waals surface area (Å²) in [6.07, 6.45) is 2.44. The second-order valence-electron chi connectivity index (χ2n) is 10.7. The molecule has 0 aliphatic rings. The Bertz CT molecular complexity index is 435. The van der Waals surface area contributed by atoms with Crippen LogP contribution in [0.4, 0.5) is 0 Å². The van der Waals surface area contributed by atoms with Gasteiger partial charge in [0.25, 0.3) is 0 Å². The van der Waals surface area contributed by atoms with Gasteiger partial charge < -0.3 is 19.2 Å². The van der Waals surface area contributed by atoms with Gasteiger partial charge in [-0.05, 0) is 21.7 Å². The van der Waals surface area contributed by atoms with Crippen LogP contribution in [0.1, 0.15) is 83.1 Å². The second-order valence-corrected chi connectivity index (χ2v) is 10.7. The molecule has 0 aromatic rings. The fourth-order valence-corrected chi connectivity index (χ4v) is 1.10. The molecule has 0 saturated heterocycles. The van der Waals surface area contributed by atoms with Gasteiger partial charge in [-0.2, -0.15) is 0 Å². The number of rotatable bonds is 4. The van der Waals surface area contributed by atoms with E-state index in [4.69, 9.17) is 0 Å². The van der Waals surface area contributed by atoms with E-state index < -0.39 is 21.7 Å². The Morgan fingerprint density at radius 2 is 0.519 bits per heavy atom. The first-order chi connectivity index (χ1) is 11.1. The summed E-state index contributed by atoms with van der Waals surface area (Å²) in [7, 11) is 0. The van der Waals surface area contributed by atoms with Gasteiger partial charge in [-0.25, -0.2) is 0 Å². The normalized spacial score (nSPS) is 12.0. The first kappa shape index (κ1) is 30.7. The van der Waals surface area contributed by atoms with Gasteiger partial charge in [0.2, 0.25) is 0 Å². The van der Waals surface area contributed by atoms with Gasteiger partial charge in [0.05, 0.1) is 0 Å². The van der Waals surface area contributed by atoms with E-state index in [0.717, 1.165) is 0 Å². The maximum Gasteiger partial charge on any atom is 2.00 e. The van der Waals surface area contributed by atoms with Gasteiger partial charge in [-0.15, -0.1) is 0 Å². The Morgan fingerprint density at radius 3 is 0.593 bits per heavy atom. The Labute approximate surface area is 177 Å². The summed E-state index contributed by atoms with van der Waals surface area (Å²) >= 11 is 0. The van der Waals surface area contributed by atoms with Gasteiger partial charge in [-0.1, -0.05) is 83.1 Å². The zero-order chi connectivity index (χ0) is 21.7. The van der Waals surface area contributed by atoms with Gasteiger partial charge in [0, 0.05) is 23.1 Å². The summed E-state index contributed by atoms with van der Waals surface area (Å²) in [6.45, 7) is 21.7. The largest absolute Gasteiger partial charge is 2.00 e. The van der Waals surface area contributed by atoms with Crippen molar-refractivity contribution >= 4 is 23.1 Å². The van der Waals surface area contributed by atoms with Gasteiger partial charge in [-0.3, -0.25) is 12.8 Å². The average molecular weight is 430 g/mol. The van der Waals surface area contributed by atoms with Crippen LogP contribution in [-0.2, 0) is 36.2 Å². The first-order valence-electron chi connectivity index (χ1n) is 8.97. The van der Waals surface area contributed by atoms with Crippen LogP contribution in [0.5, 0.6) is 0 Å². The van der Waals surface area contributed by atoms with Crippen molar-refractivity contribution in [3.8, 4) is 0 Å². The molecule has 0 heterocycles. The molecule has 0 spiro atoms. The minimum atomic E-state index is -0.457. The Kier molecular flexibility index (Phi) is 11.9. The zero-order valence-electron chi connectivity index (χ0n) is 19.1. The molecular weight excluding hydrogens is 392 g/mol. The Morgan fingerprint density at radius 1 is 0.407 bits per heavy atom. The van der Waals surface area contributed by atoms with Crippen LogP contribution in [0.15, 0.2) is 0 Å². The predicted molar refractivity (Wildman–Crippen MR) is 106 cm³/mol. The van der Waals surface area contributed by atoms with E-state index in [2.05, 4.69) is 0 Å². The third-order valence-corrected chi connectivity index (χ3v) is 3.48. The smallest absolute Gasteiger partial charge is 0.333 e. The molecule has 27 heavy (non-hydrogen) atoms. The molecule has 1 radical (unpaired) electrons. The van der Waals surface area contributed by atoms with E-state index in [-0.39, 0.29) is 40.2 Å². The van der Waals surface area contributed by atoms with Crippen molar-refractivity contribution in [1.29, 1.82) is 0 Å². The van der Waals surface area contributed by atoms with Crippen molar-refractivity contribution in [3.63, 3.8) is 0 Å². The molecule has 0 saturated carbocycles. The van der Waals surface area contributed by atoms with E-state index in [1.165, 1.54) is 12.8 Å². The average Bonchev–Trinajstić information content (AvgIpc) is 2.34. The maximum absolute atomic E-state index is 11.4. The molecule has 0 N–H and O–H groups in total. The molecule has 4 nitrogen and oxygen atoms in total. The topological polar surface area (TPSA) is 68.3 Å². The number of carbonyl (C=O) groups excluding carboxylic acids is 4. The Balaban J connectivity index is -0.000000411. The van der Waals surface area contributed by atoms with Crippen molar-refractivity contribution in [2.24, 2.45) is 21.7 Å². The molecule has 0 rings (SSSR count). The monoisotopic (exact) mass is 429 g/mol. The van der Waals surface area contributed by atoms with Crippen molar-refractivity contribution in [2.75, 3.05) is 0 Å². The molecule has 0 bridgehead atoms.